The molecule has 4 N–H and O–H groups in total. The summed E-state index contributed by atoms with van der Waals surface area (Å²) >= 11 is 0. The smallest absolute Gasteiger partial charge is 0.282 e. The van der Waals surface area contributed by atoms with Crippen LogP contribution in [0.25, 0.3) is 11.3 Å². The number of benzene rings is 2. The van der Waals surface area contributed by atoms with E-state index in [1.165, 1.54) is 0 Å². The number of methoxy groups -OCH3 is 4. The number of hydrogen-bond donors (Lipinski definition) is 2. The van der Waals surface area contributed by atoms with Gasteiger partial charge < -0.3 is 42.4 Å². The third-order valence-electron chi connectivity index (χ3n) is 6.10. The third-order valence-corrected chi connectivity index (χ3v) is 6.10. The molecule has 3 rings (SSSR count). The van der Waals surface area contributed by atoms with Gasteiger partial charge in [-0.1, -0.05) is 19.9 Å². The minimum atomic E-state index is -0.371. The Labute approximate surface area is 212 Å². The van der Waals surface area contributed by atoms with Gasteiger partial charge in [-0.25, -0.2) is 0 Å². The zero-order valence-corrected chi connectivity index (χ0v) is 21.7. The minimum Gasteiger partial charge on any atom is -1.00 e. The molecule has 1 amide bonds. The molecule has 1 aliphatic rings. The van der Waals surface area contributed by atoms with Crippen LogP contribution in [-0.2, 0) is 4.79 Å². The van der Waals surface area contributed by atoms with Crippen LogP contribution in [0.2, 0.25) is 0 Å². The third kappa shape index (κ3) is 5.86. The summed E-state index contributed by atoms with van der Waals surface area (Å²) in [5.74, 6) is 2.14. The Bertz CT molecular complexity index is 1090. The van der Waals surface area contributed by atoms with E-state index in [1.54, 1.807) is 28.4 Å². The zero-order chi connectivity index (χ0) is 24.8. The number of nitrogens with zero attached hydrogens (tertiary/aromatic N) is 2. The lowest BCUT2D eigenvalue weighted by Gasteiger charge is -2.17. The molecular weight excluding hydrogens is 472 g/mol. The van der Waals surface area contributed by atoms with E-state index in [1.807, 2.05) is 44.2 Å². The largest absolute Gasteiger partial charge is 1.00 e. The lowest BCUT2D eigenvalue weighted by atomic mass is 9.98. The molecule has 0 bridgehead atoms. The summed E-state index contributed by atoms with van der Waals surface area (Å²) in [5, 5.41) is 11.6. The van der Waals surface area contributed by atoms with Crippen LogP contribution in [0.5, 0.6) is 23.0 Å². The number of quaternary nitrogens is 1. The Balaban J connectivity index is 0.00000432. The van der Waals surface area contributed by atoms with Crippen molar-refractivity contribution in [1.29, 1.82) is 0 Å². The van der Waals surface area contributed by atoms with Crippen molar-refractivity contribution in [3.05, 3.63) is 41.5 Å². The molecule has 190 valence electrons. The molecule has 10 heteroatoms. The molecule has 0 saturated heterocycles. The van der Waals surface area contributed by atoms with Gasteiger partial charge in [0.25, 0.3) is 5.91 Å². The molecule has 9 nitrogen and oxygen atoms in total. The van der Waals surface area contributed by atoms with Crippen LogP contribution in [0, 0.1) is 5.92 Å². The molecule has 0 saturated carbocycles. The summed E-state index contributed by atoms with van der Waals surface area (Å²) in [5.41, 5.74) is 7.85. The predicted octanol–water partition coefficient (Wildman–Crippen LogP) is 0.654. The maximum absolute atomic E-state index is 12.8. The number of anilines is 1. The lowest BCUT2D eigenvalue weighted by molar-refractivity contribution is -0.414. The van der Waals surface area contributed by atoms with E-state index in [0.717, 1.165) is 23.1 Å². The van der Waals surface area contributed by atoms with E-state index < -0.39 is 0 Å². The van der Waals surface area contributed by atoms with E-state index in [0.29, 0.717) is 40.9 Å². The molecule has 0 radical (unpaired) electrons. The van der Waals surface area contributed by atoms with Crippen molar-refractivity contribution < 1.29 is 41.9 Å². The van der Waals surface area contributed by atoms with Crippen molar-refractivity contribution in [2.45, 2.75) is 26.3 Å². The Morgan fingerprint density at radius 3 is 2.17 bits per heavy atom. The van der Waals surface area contributed by atoms with E-state index >= 15 is 0 Å². The molecule has 0 spiro atoms. The van der Waals surface area contributed by atoms with Gasteiger partial charge in [0.2, 0.25) is 5.75 Å². The SMILES string of the molecule is CCC(C)C([NH3+])C(=O)Nc1cc(C2=C(c3cc(OC)c(OC)c(OC)c3)N=NC2)ccc1OC.[Cl-]. The highest BCUT2D eigenvalue weighted by molar-refractivity contribution is 5.98. The second-order valence-electron chi connectivity index (χ2n) is 8.04. The summed E-state index contributed by atoms with van der Waals surface area (Å²) in [7, 11) is 6.27. The molecular formula is C25H33ClN4O5. The van der Waals surface area contributed by atoms with Gasteiger partial charge in [-0.2, -0.15) is 10.2 Å². The standard InChI is InChI=1S/C25H32N4O5.ClH/c1-7-14(2)22(26)25(30)28-18-10-15(8-9-19(18)31-3)17-13-27-29-23(17)16-11-20(32-4)24(34-6)21(12-16)33-5;/h8-12,14,22H,7,13,26H2,1-6H3,(H,28,30);1H. The highest BCUT2D eigenvalue weighted by Crippen LogP contribution is 2.43. The molecule has 2 aromatic carbocycles. The molecule has 0 aliphatic carbocycles. The van der Waals surface area contributed by atoms with Crippen LogP contribution in [0.4, 0.5) is 5.69 Å². The summed E-state index contributed by atoms with van der Waals surface area (Å²) < 4.78 is 21.9. The van der Waals surface area contributed by atoms with Crippen LogP contribution in [0.3, 0.4) is 0 Å². The van der Waals surface area contributed by atoms with Crippen molar-refractivity contribution in [1.82, 2.24) is 0 Å². The zero-order valence-electron chi connectivity index (χ0n) is 21.0. The van der Waals surface area contributed by atoms with Crippen LogP contribution in [0.1, 0.15) is 31.4 Å². The number of azo groups is 1. The van der Waals surface area contributed by atoms with Crippen LogP contribution < -0.4 is 42.4 Å². The molecule has 1 heterocycles. The molecule has 0 aromatic heterocycles. The highest BCUT2D eigenvalue weighted by atomic mass is 35.5. The molecule has 1 aliphatic heterocycles. The number of halogens is 1. The monoisotopic (exact) mass is 504 g/mol. The first-order chi connectivity index (χ1) is 16.4. The van der Waals surface area contributed by atoms with Gasteiger partial charge in [-0.15, -0.1) is 0 Å². The quantitative estimate of drug-likeness (QED) is 0.492. The fourth-order valence-electron chi connectivity index (χ4n) is 3.75. The molecule has 2 aromatic rings. The van der Waals surface area contributed by atoms with Crippen LogP contribution >= 0.6 is 0 Å². The average molecular weight is 505 g/mol. The van der Waals surface area contributed by atoms with Gasteiger partial charge in [0.1, 0.15) is 5.75 Å². The maximum Gasteiger partial charge on any atom is 0.282 e. The van der Waals surface area contributed by atoms with Gasteiger partial charge in [0, 0.05) is 17.1 Å². The normalized spacial score (nSPS) is 14.1. The fourth-order valence-corrected chi connectivity index (χ4v) is 3.75. The topological polar surface area (TPSA) is 118 Å². The first-order valence-electron chi connectivity index (χ1n) is 11.1. The second kappa shape index (κ2) is 12.4. The van der Waals surface area contributed by atoms with E-state index in [-0.39, 0.29) is 30.3 Å². The van der Waals surface area contributed by atoms with E-state index in [4.69, 9.17) is 18.9 Å². The molecule has 2 unspecified atom stereocenters. The molecule has 2 atom stereocenters. The van der Waals surface area contributed by atoms with Gasteiger partial charge in [-0.3, -0.25) is 4.79 Å². The summed E-state index contributed by atoms with van der Waals surface area (Å²) in [6.45, 7) is 4.46. The molecule has 0 fully saturated rings. The van der Waals surface area contributed by atoms with Crippen molar-refractivity contribution >= 4 is 22.9 Å². The van der Waals surface area contributed by atoms with Crippen LogP contribution in [0.15, 0.2) is 40.6 Å². The predicted molar refractivity (Wildman–Crippen MR) is 130 cm³/mol. The Morgan fingerprint density at radius 1 is 1.00 bits per heavy atom. The average Bonchev–Trinajstić information content (AvgIpc) is 3.36. The van der Waals surface area contributed by atoms with E-state index in [9.17, 15) is 4.79 Å². The number of carbonyl (C=O) groups is 1. The summed E-state index contributed by atoms with van der Waals surface area (Å²) in [6, 6.07) is 8.94. The minimum absolute atomic E-state index is 0. The molecule has 35 heavy (non-hydrogen) atoms. The van der Waals surface area contributed by atoms with Gasteiger partial charge in [0.05, 0.1) is 46.4 Å². The first-order valence-corrected chi connectivity index (χ1v) is 11.1. The summed E-state index contributed by atoms with van der Waals surface area (Å²) in [6.07, 6.45) is 0.868. The van der Waals surface area contributed by atoms with Crippen molar-refractivity contribution in [3.63, 3.8) is 0 Å². The van der Waals surface area contributed by atoms with Gasteiger partial charge in [0.15, 0.2) is 17.5 Å². The van der Waals surface area contributed by atoms with Gasteiger partial charge in [-0.05, 0) is 36.2 Å². The Hall–Kier alpha value is -3.30. The van der Waals surface area contributed by atoms with E-state index in [2.05, 4.69) is 21.3 Å². The number of hydrogen-bond acceptors (Lipinski definition) is 7. The maximum atomic E-state index is 12.8. The van der Waals surface area contributed by atoms with Crippen LogP contribution in [-0.4, -0.2) is 46.9 Å². The Morgan fingerprint density at radius 2 is 1.63 bits per heavy atom. The Kier molecular flexibility index (Phi) is 9.91. The first kappa shape index (κ1) is 27.9. The number of nitrogens with one attached hydrogen (secondary N) is 1. The van der Waals surface area contributed by atoms with Crippen molar-refractivity contribution in [2.75, 3.05) is 40.3 Å². The van der Waals surface area contributed by atoms with Gasteiger partial charge >= 0.3 is 0 Å². The summed E-state index contributed by atoms with van der Waals surface area (Å²) in [4.78, 5) is 12.8. The highest BCUT2D eigenvalue weighted by Gasteiger charge is 2.25. The lowest BCUT2D eigenvalue weighted by Crippen LogP contribution is -3.00. The van der Waals surface area contributed by atoms with Crippen molar-refractivity contribution in [2.24, 2.45) is 16.1 Å². The number of amides is 1. The fraction of sp³-hybridized carbons (Fsp3) is 0.400. The number of carbonyl (C=O) groups excluding carboxylic acids is 1. The van der Waals surface area contributed by atoms with Crippen molar-refractivity contribution in [3.8, 4) is 23.0 Å². The second-order valence-corrected chi connectivity index (χ2v) is 8.04. The number of ether oxygens (including phenoxy) is 4. The number of rotatable bonds is 10.